The van der Waals surface area contributed by atoms with Crippen LogP contribution in [0.25, 0.3) is 0 Å². The highest BCUT2D eigenvalue weighted by atomic mass is 16.5. The van der Waals surface area contributed by atoms with Crippen molar-refractivity contribution in [2.24, 2.45) is 0 Å². The average molecular weight is 209 g/mol. The first-order chi connectivity index (χ1) is 7.21. The summed E-state index contributed by atoms with van der Waals surface area (Å²) in [5.41, 5.74) is 0.917. The monoisotopic (exact) mass is 209 g/mol. The zero-order valence-corrected chi connectivity index (χ0v) is 9.19. The molecule has 1 radical (unpaired) electrons. The molecule has 83 valence electrons. The van der Waals surface area contributed by atoms with E-state index in [0.717, 1.165) is 17.1 Å². The van der Waals surface area contributed by atoms with Gasteiger partial charge in [0.25, 0.3) is 0 Å². The second-order valence-corrected chi connectivity index (χ2v) is 3.25. The fourth-order valence-electron chi connectivity index (χ4n) is 1.30. The minimum absolute atomic E-state index is 0.0126. The summed E-state index contributed by atoms with van der Waals surface area (Å²) in [7, 11) is 1.60. The molecule has 1 rings (SSSR count). The maximum atomic E-state index is 9.03. The summed E-state index contributed by atoms with van der Waals surface area (Å²) in [5, 5.41) is 9.03. The highest BCUT2D eigenvalue weighted by Gasteiger charge is 2.08. The first kappa shape index (κ1) is 11.9. The van der Waals surface area contributed by atoms with Gasteiger partial charge in [0.05, 0.1) is 13.7 Å². The third-order valence-electron chi connectivity index (χ3n) is 2.14. The van der Waals surface area contributed by atoms with E-state index < -0.39 is 0 Å². The maximum absolute atomic E-state index is 9.03. The summed E-state index contributed by atoms with van der Waals surface area (Å²) in [6.45, 7) is 6.38. The molecular formula is C12H17O3. The third kappa shape index (κ3) is 3.13. The minimum atomic E-state index is -0.153. The van der Waals surface area contributed by atoms with E-state index in [2.05, 4.69) is 6.92 Å². The van der Waals surface area contributed by atoms with Gasteiger partial charge in [0, 0.05) is 18.6 Å². The second kappa shape index (κ2) is 5.61. The predicted molar refractivity (Wildman–Crippen MR) is 59.3 cm³/mol. The highest BCUT2D eigenvalue weighted by Crippen LogP contribution is 2.27. The lowest BCUT2D eigenvalue weighted by molar-refractivity contribution is 0.281. The van der Waals surface area contributed by atoms with Gasteiger partial charge in [0.2, 0.25) is 0 Å². The topological polar surface area (TPSA) is 38.7 Å². The molecule has 3 heteroatoms. The van der Waals surface area contributed by atoms with Crippen LogP contribution in [0.2, 0.25) is 0 Å². The zero-order valence-electron chi connectivity index (χ0n) is 9.19. The van der Waals surface area contributed by atoms with Gasteiger partial charge < -0.3 is 14.6 Å². The second-order valence-electron chi connectivity index (χ2n) is 3.25. The van der Waals surface area contributed by atoms with Gasteiger partial charge >= 0.3 is 0 Å². The molecule has 0 aliphatic carbocycles. The summed E-state index contributed by atoms with van der Waals surface area (Å²) in [6, 6.07) is 5.55. The van der Waals surface area contributed by atoms with E-state index in [1.54, 1.807) is 7.11 Å². The Morgan fingerprint density at radius 2 is 2.00 bits per heavy atom. The lowest BCUT2D eigenvalue weighted by Crippen LogP contribution is -2.01. The number of ether oxygens (including phenoxy) is 2. The lowest BCUT2D eigenvalue weighted by Gasteiger charge is -2.12. The summed E-state index contributed by atoms with van der Waals surface area (Å²) in [6.07, 6.45) is 0. The summed E-state index contributed by atoms with van der Waals surface area (Å²) < 4.78 is 10.5. The number of aliphatic hydroxyl groups excluding tert-OH is 1. The van der Waals surface area contributed by atoms with E-state index in [4.69, 9.17) is 14.6 Å². The number of hydrogen-bond donors (Lipinski definition) is 1. The average Bonchev–Trinajstić information content (AvgIpc) is 2.28. The van der Waals surface area contributed by atoms with Gasteiger partial charge in [-0.3, -0.25) is 0 Å². The van der Waals surface area contributed by atoms with Crippen LogP contribution in [0.3, 0.4) is 0 Å². The lowest BCUT2D eigenvalue weighted by atomic mass is 10.0. The van der Waals surface area contributed by atoms with Crippen LogP contribution in [0.5, 0.6) is 11.5 Å². The van der Waals surface area contributed by atoms with Gasteiger partial charge in [-0.25, -0.2) is 0 Å². The van der Waals surface area contributed by atoms with Crippen LogP contribution in [-0.4, -0.2) is 25.4 Å². The largest absolute Gasteiger partial charge is 0.497 e. The van der Waals surface area contributed by atoms with Crippen molar-refractivity contribution in [3.63, 3.8) is 0 Å². The molecule has 1 N–H and O–H groups in total. The fourth-order valence-corrected chi connectivity index (χ4v) is 1.30. The van der Waals surface area contributed by atoms with E-state index in [1.165, 1.54) is 0 Å². The quantitative estimate of drug-likeness (QED) is 0.806. The van der Waals surface area contributed by atoms with Gasteiger partial charge in [0.15, 0.2) is 0 Å². The van der Waals surface area contributed by atoms with Crippen molar-refractivity contribution in [1.29, 1.82) is 0 Å². The Morgan fingerprint density at radius 1 is 1.33 bits per heavy atom. The molecule has 1 aromatic carbocycles. The first-order valence-electron chi connectivity index (χ1n) is 4.97. The Labute approximate surface area is 90.6 Å². The van der Waals surface area contributed by atoms with E-state index in [1.807, 2.05) is 25.1 Å². The number of aliphatic hydroxyl groups is 1. The molecule has 15 heavy (non-hydrogen) atoms. The van der Waals surface area contributed by atoms with Crippen LogP contribution < -0.4 is 9.47 Å². The van der Waals surface area contributed by atoms with Crippen molar-refractivity contribution in [2.45, 2.75) is 12.8 Å². The van der Waals surface area contributed by atoms with Crippen LogP contribution in [0.15, 0.2) is 18.2 Å². The predicted octanol–water partition coefficient (Wildman–Crippen LogP) is 2.00. The van der Waals surface area contributed by atoms with Gasteiger partial charge in [-0.1, -0.05) is 0 Å². The summed E-state index contributed by atoms with van der Waals surface area (Å²) in [4.78, 5) is 0. The number of rotatable bonds is 5. The van der Waals surface area contributed by atoms with Crippen molar-refractivity contribution in [1.82, 2.24) is 0 Å². The van der Waals surface area contributed by atoms with E-state index >= 15 is 0 Å². The Morgan fingerprint density at radius 3 is 2.53 bits per heavy atom. The van der Waals surface area contributed by atoms with Crippen LogP contribution in [0.4, 0.5) is 0 Å². The number of hydrogen-bond acceptors (Lipinski definition) is 3. The van der Waals surface area contributed by atoms with Crippen molar-refractivity contribution in [2.75, 3.05) is 20.3 Å². The van der Waals surface area contributed by atoms with Crippen molar-refractivity contribution >= 4 is 0 Å². The van der Waals surface area contributed by atoms with Crippen LogP contribution in [-0.2, 0) is 0 Å². The van der Waals surface area contributed by atoms with Crippen LogP contribution in [0.1, 0.15) is 18.4 Å². The molecule has 1 unspecified atom stereocenters. The molecule has 0 aliphatic rings. The van der Waals surface area contributed by atoms with Gasteiger partial charge in [-0.05, 0) is 31.5 Å². The fraction of sp³-hybridized carbons (Fsp3) is 0.417. The standard InChI is InChI=1S/C12H17O3/c1-4-15-12-6-10(9(2)8-13)5-11(7-12)14-3/h5-7,9,13H,2,4,8H2,1,3H3. The number of methoxy groups -OCH3 is 1. The Hall–Kier alpha value is -1.22. The molecule has 0 fully saturated rings. The van der Waals surface area contributed by atoms with E-state index in [-0.39, 0.29) is 12.5 Å². The van der Waals surface area contributed by atoms with E-state index in [9.17, 15) is 0 Å². The van der Waals surface area contributed by atoms with E-state index in [0.29, 0.717) is 6.61 Å². The van der Waals surface area contributed by atoms with Crippen LogP contribution >= 0.6 is 0 Å². The molecule has 1 aromatic rings. The van der Waals surface area contributed by atoms with Crippen molar-refractivity contribution in [3.8, 4) is 11.5 Å². The highest BCUT2D eigenvalue weighted by molar-refractivity contribution is 5.40. The van der Waals surface area contributed by atoms with Gasteiger partial charge in [-0.15, -0.1) is 0 Å². The maximum Gasteiger partial charge on any atom is 0.123 e. The van der Waals surface area contributed by atoms with Crippen molar-refractivity contribution < 1.29 is 14.6 Å². The molecule has 0 heterocycles. The normalized spacial score (nSPS) is 12.3. The first-order valence-corrected chi connectivity index (χ1v) is 4.97. The molecule has 0 saturated carbocycles. The molecule has 1 atom stereocenters. The molecule has 0 aliphatic heterocycles. The molecule has 0 spiro atoms. The van der Waals surface area contributed by atoms with Gasteiger partial charge in [-0.2, -0.15) is 0 Å². The number of benzene rings is 1. The molecule has 0 aromatic heterocycles. The molecule has 0 bridgehead atoms. The molecule has 0 amide bonds. The summed E-state index contributed by atoms with van der Waals surface area (Å²) in [5.74, 6) is 1.31. The smallest absolute Gasteiger partial charge is 0.123 e. The van der Waals surface area contributed by atoms with Gasteiger partial charge in [0.1, 0.15) is 11.5 Å². The Balaban J connectivity index is 2.99. The molecule has 3 nitrogen and oxygen atoms in total. The summed E-state index contributed by atoms with van der Waals surface area (Å²) >= 11 is 0. The Kier molecular flexibility index (Phi) is 4.43. The van der Waals surface area contributed by atoms with Crippen LogP contribution in [0, 0.1) is 6.92 Å². The third-order valence-corrected chi connectivity index (χ3v) is 2.14. The minimum Gasteiger partial charge on any atom is -0.497 e. The SMILES string of the molecule is [CH2]C(CO)c1cc(OC)cc(OCC)c1. The Bertz CT molecular complexity index is 310. The van der Waals surface area contributed by atoms with Crippen molar-refractivity contribution in [3.05, 3.63) is 30.7 Å². The molecule has 0 saturated heterocycles. The molecular weight excluding hydrogens is 192 g/mol. The zero-order chi connectivity index (χ0) is 11.3.